The Bertz CT molecular complexity index is 1360. The van der Waals surface area contributed by atoms with Crippen molar-refractivity contribution in [3.63, 3.8) is 0 Å². The van der Waals surface area contributed by atoms with Crippen LogP contribution in [0.1, 0.15) is 39.6 Å². The summed E-state index contributed by atoms with van der Waals surface area (Å²) in [5.74, 6) is 0.742. The highest BCUT2D eigenvalue weighted by atomic mass is 16.5. The zero-order chi connectivity index (χ0) is 27.4. The summed E-state index contributed by atoms with van der Waals surface area (Å²) in [5.41, 5.74) is 15.3. The Morgan fingerprint density at radius 3 is 2.41 bits per heavy atom. The summed E-state index contributed by atoms with van der Waals surface area (Å²) in [5, 5.41) is 3.88. The van der Waals surface area contributed by atoms with Crippen LogP contribution < -0.4 is 16.2 Å². The normalized spacial score (nSPS) is 10.5. The highest BCUT2D eigenvalue weighted by Gasteiger charge is 2.11. The van der Waals surface area contributed by atoms with Crippen LogP contribution in [-0.4, -0.2) is 65.3 Å². The number of carbonyl (C=O) groups excluding carboxylic acids is 2. The van der Waals surface area contributed by atoms with Crippen LogP contribution in [0.5, 0.6) is 5.88 Å². The molecule has 194 valence electrons. The molecule has 0 aliphatic heterocycles. The third kappa shape index (κ3) is 6.98. The number of aldehydes is 2. The van der Waals surface area contributed by atoms with E-state index in [1.165, 1.54) is 11.6 Å². The molecule has 3 heterocycles. The minimum atomic E-state index is 0.212. The van der Waals surface area contributed by atoms with E-state index in [0.717, 1.165) is 35.1 Å². The molecule has 10 heteroatoms. The molecule has 3 aromatic heterocycles. The van der Waals surface area contributed by atoms with Crippen LogP contribution in [0.15, 0.2) is 60.7 Å². The lowest BCUT2D eigenvalue weighted by atomic mass is 9.96. The maximum atomic E-state index is 11.7. The van der Waals surface area contributed by atoms with Crippen LogP contribution >= 0.6 is 0 Å². The van der Waals surface area contributed by atoms with Crippen LogP contribution in [0.3, 0.4) is 0 Å². The van der Waals surface area contributed by atoms with Gasteiger partial charge in [0.05, 0.1) is 7.11 Å². The Kier molecular flexibility index (Phi) is 10.9. The number of pyridine rings is 1. The lowest BCUT2D eigenvalue weighted by Gasteiger charge is -2.17. The van der Waals surface area contributed by atoms with E-state index in [1.54, 1.807) is 31.8 Å². The van der Waals surface area contributed by atoms with Crippen LogP contribution in [0, 0.1) is 0 Å². The second-order valence-electron chi connectivity index (χ2n) is 7.70. The van der Waals surface area contributed by atoms with Crippen molar-refractivity contribution in [1.29, 1.82) is 0 Å². The standard InChI is InChI=1S/C19H22N2O2.C7H6N4O.CH5N/c1-5-16(21(2)3)11-14-7-6-8-17(18(14)13-22)15-9-10-20-19(12-15)23-4;8-6-5(4-12)7-9-2-1-3-11(7)10-6;1-2/h6-13H,5H2,1-4H3;1-4H,(H2,8,10);2H2,1H3/b16-11-;;. The van der Waals surface area contributed by atoms with Gasteiger partial charge in [0.15, 0.2) is 24.0 Å². The summed E-state index contributed by atoms with van der Waals surface area (Å²) in [7, 11) is 7.09. The zero-order valence-electron chi connectivity index (χ0n) is 21.8. The molecule has 1 aromatic carbocycles. The van der Waals surface area contributed by atoms with Crippen molar-refractivity contribution in [2.75, 3.05) is 34.0 Å². The molecular formula is C27H33N7O3. The smallest absolute Gasteiger partial charge is 0.213 e. The van der Waals surface area contributed by atoms with Crippen LogP contribution in [0.4, 0.5) is 5.82 Å². The molecule has 0 amide bonds. The number of nitrogens with two attached hydrogens (primary N) is 2. The number of benzene rings is 1. The number of nitrogen functional groups attached to an aromatic ring is 1. The zero-order valence-corrected chi connectivity index (χ0v) is 21.8. The van der Waals surface area contributed by atoms with Crippen LogP contribution in [0.25, 0.3) is 22.9 Å². The van der Waals surface area contributed by atoms with Crippen molar-refractivity contribution in [2.24, 2.45) is 5.73 Å². The fraction of sp³-hybridized carbons (Fsp3) is 0.222. The van der Waals surface area contributed by atoms with Gasteiger partial charge in [-0.2, -0.15) is 0 Å². The predicted molar refractivity (Wildman–Crippen MR) is 146 cm³/mol. The molecular weight excluding hydrogens is 470 g/mol. The molecule has 0 radical (unpaired) electrons. The van der Waals surface area contributed by atoms with Gasteiger partial charge in [-0.3, -0.25) is 9.59 Å². The van der Waals surface area contributed by atoms with Gasteiger partial charge in [-0.25, -0.2) is 14.5 Å². The molecule has 0 spiro atoms. The van der Waals surface area contributed by atoms with Gasteiger partial charge in [-0.1, -0.05) is 25.1 Å². The summed E-state index contributed by atoms with van der Waals surface area (Å²) < 4.78 is 6.65. The first-order valence-corrected chi connectivity index (χ1v) is 11.5. The van der Waals surface area contributed by atoms with Gasteiger partial charge in [0, 0.05) is 50.0 Å². The first kappa shape index (κ1) is 28.7. The second kappa shape index (κ2) is 14.1. The maximum Gasteiger partial charge on any atom is 0.213 e. The molecule has 10 nitrogen and oxygen atoms in total. The first-order valence-electron chi connectivity index (χ1n) is 11.5. The molecule has 0 bridgehead atoms. The van der Waals surface area contributed by atoms with Gasteiger partial charge in [0.2, 0.25) is 5.88 Å². The Morgan fingerprint density at radius 2 is 1.78 bits per heavy atom. The molecule has 37 heavy (non-hydrogen) atoms. The summed E-state index contributed by atoms with van der Waals surface area (Å²) in [6, 6.07) is 11.3. The predicted octanol–water partition coefficient (Wildman–Crippen LogP) is 3.58. The summed E-state index contributed by atoms with van der Waals surface area (Å²) >= 11 is 0. The van der Waals surface area contributed by atoms with Crippen molar-refractivity contribution in [2.45, 2.75) is 13.3 Å². The van der Waals surface area contributed by atoms with Gasteiger partial charge in [0.1, 0.15) is 5.56 Å². The number of hydrogen-bond donors (Lipinski definition) is 2. The third-order valence-electron chi connectivity index (χ3n) is 5.35. The highest BCUT2D eigenvalue weighted by Crippen LogP contribution is 2.28. The number of allylic oxidation sites excluding steroid dienone is 1. The largest absolute Gasteiger partial charge is 0.481 e. The van der Waals surface area contributed by atoms with Crippen LogP contribution in [-0.2, 0) is 0 Å². The van der Waals surface area contributed by atoms with E-state index in [0.29, 0.717) is 28.9 Å². The number of rotatable bonds is 7. The second-order valence-corrected chi connectivity index (χ2v) is 7.70. The monoisotopic (exact) mass is 503 g/mol. The van der Waals surface area contributed by atoms with E-state index in [4.69, 9.17) is 10.5 Å². The molecule has 0 atom stereocenters. The summed E-state index contributed by atoms with van der Waals surface area (Å²) in [4.78, 5) is 32.4. The highest BCUT2D eigenvalue weighted by molar-refractivity contribution is 5.92. The van der Waals surface area contributed by atoms with Crippen molar-refractivity contribution < 1.29 is 14.3 Å². The van der Waals surface area contributed by atoms with Crippen molar-refractivity contribution in [3.05, 3.63) is 77.4 Å². The lowest BCUT2D eigenvalue weighted by molar-refractivity contribution is 0.111. The Balaban J connectivity index is 0.000000287. The molecule has 0 aliphatic carbocycles. The number of anilines is 1. The number of methoxy groups -OCH3 is 1. The van der Waals surface area contributed by atoms with Gasteiger partial charge in [0.25, 0.3) is 0 Å². The number of carbonyl (C=O) groups is 2. The van der Waals surface area contributed by atoms with Crippen molar-refractivity contribution >= 4 is 30.1 Å². The average Bonchev–Trinajstić information content (AvgIpc) is 3.27. The SMILES string of the molecule is CC/C(=C/c1cccc(-c2ccnc(OC)c2)c1C=O)N(C)C.CN.Nc1nn2cccnc2c1C=O. The van der Waals surface area contributed by atoms with E-state index in [1.807, 2.05) is 44.4 Å². The summed E-state index contributed by atoms with van der Waals surface area (Å²) in [6.45, 7) is 2.10. The molecule has 0 saturated heterocycles. The maximum absolute atomic E-state index is 11.7. The van der Waals surface area contributed by atoms with Gasteiger partial charge in [-0.15, -0.1) is 5.10 Å². The lowest BCUT2D eigenvalue weighted by Crippen LogP contribution is -2.10. The van der Waals surface area contributed by atoms with Gasteiger partial charge >= 0.3 is 0 Å². The fourth-order valence-corrected chi connectivity index (χ4v) is 3.54. The van der Waals surface area contributed by atoms with Gasteiger partial charge in [-0.05, 0) is 48.4 Å². The first-order chi connectivity index (χ1) is 17.9. The number of aromatic nitrogens is 4. The molecule has 0 saturated carbocycles. The molecule has 4 rings (SSSR count). The van der Waals surface area contributed by atoms with E-state index in [9.17, 15) is 9.59 Å². The topological polar surface area (TPSA) is 142 Å². The van der Waals surface area contributed by atoms with Crippen molar-refractivity contribution in [3.8, 4) is 17.0 Å². The minimum Gasteiger partial charge on any atom is -0.481 e. The fourth-order valence-electron chi connectivity index (χ4n) is 3.54. The Labute approximate surface area is 216 Å². The van der Waals surface area contributed by atoms with Crippen molar-refractivity contribution in [1.82, 2.24) is 24.5 Å². The Morgan fingerprint density at radius 1 is 1.05 bits per heavy atom. The quantitative estimate of drug-likeness (QED) is 0.362. The molecule has 0 aliphatic rings. The van der Waals surface area contributed by atoms with E-state index < -0.39 is 0 Å². The van der Waals surface area contributed by atoms with E-state index in [2.05, 4.69) is 38.7 Å². The molecule has 4 aromatic rings. The third-order valence-corrected chi connectivity index (χ3v) is 5.35. The molecule has 0 fully saturated rings. The Hall–Kier alpha value is -4.57. The minimum absolute atomic E-state index is 0.212. The number of nitrogens with zero attached hydrogens (tertiary/aromatic N) is 5. The number of hydrogen-bond acceptors (Lipinski definition) is 9. The molecule has 4 N–H and O–H groups in total. The summed E-state index contributed by atoms with van der Waals surface area (Å²) in [6.07, 6.45) is 9.49. The average molecular weight is 504 g/mol. The van der Waals surface area contributed by atoms with Crippen LogP contribution in [0.2, 0.25) is 0 Å². The number of ether oxygens (including phenoxy) is 1. The van der Waals surface area contributed by atoms with Gasteiger partial charge < -0.3 is 21.1 Å². The van der Waals surface area contributed by atoms with E-state index in [-0.39, 0.29) is 5.82 Å². The number of fused-ring (bicyclic) bond motifs is 1. The van der Waals surface area contributed by atoms with E-state index >= 15 is 0 Å². The molecule has 0 unspecified atom stereocenters.